The monoisotopic (exact) mass is 391 g/mol. The zero-order valence-electron chi connectivity index (χ0n) is 15.1. The summed E-state index contributed by atoms with van der Waals surface area (Å²) in [6.07, 6.45) is 0. The molecule has 0 aliphatic heterocycles. The largest absolute Gasteiger partial charge is 0.461 e. The van der Waals surface area contributed by atoms with Crippen LogP contribution in [-0.4, -0.2) is 4.98 Å². The van der Waals surface area contributed by atoms with Crippen LogP contribution < -0.4 is 5.63 Å². The fourth-order valence-corrected chi connectivity index (χ4v) is 4.08. The van der Waals surface area contributed by atoms with E-state index in [1.165, 1.54) is 23.5 Å². The molecule has 5 aromatic rings. The van der Waals surface area contributed by atoms with Crippen molar-refractivity contribution >= 4 is 33.3 Å². The molecule has 0 bridgehead atoms. The lowest BCUT2D eigenvalue weighted by atomic mass is 10.1. The van der Waals surface area contributed by atoms with Crippen molar-refractivity contribution < 1.29 is 13.2 Å². The first-order valence-electron chi connectivity index (χ1n) is 8.69. The molecule has 0 saturated carbocycles. The van der Waals surface area contributed by atoms with Crippen LogP contribution in [0, 0.1) is 19.7 Å². The average Bonchev–Trinajstić information content (AvgIpc) is 3.26. The van der Waals surface area contributed by atoms with Gasteiger partial charge in [-0.1, -0.05) is 0 Å². The molecule has 0 aliphatic rings. The molecule has 2 aromatic carbocycles. The fourth-order valence-electron chi connectivity index (χ4n) is 3.26. The van der Waals surface area contributed by atoms with Gasteiger partial charge in [-0.2, -0.15) is 0 Å². The predicted octanol–water partition coefficient (Wildman–Crippen LogP) is 6.09. The van der Waals surface area contributed by atoms with E-state index in [9.17, 15) is 9.18 Å². The van der Waals surface area contributed by atoms with Crippen LogP contribution in [0.2, 0.25) is 0 Å². The van der Waals surface area contributed by atoms with E-state index in [4.69, 9.17) is 8.83 Å². The summed E-state index contributed by atoms with van der Waals surface area (Å²) in [5.41, 5.74) is 3.53. The highest BCUT2D eigenvalue weighted by molar-refractivity contribution is 7.13. The number of aromatic nitrogens is 1. The van der Waals surface area contributed by atoms with Crippen LogP contribution in [0.3, 0.4) is 0 Å². The molecule has 6 heteroatoms. The lowest BCUT2D eigenvalue weighted by molar-refractivity contribution is 0.557. The second-order valence-corrected chi connectivity index (χ2v) is 7.52. The van der Waals surface area contributed by atoms with Crippen LogP contribution in [0.15, 0.2) is 61.5 Å². The number of thiazole rings is 1. The molecule has 0 N–H and O–H groups in total. The van der Waals surface area contributed by atoms with Gasteiger partial charge in [-0.15, -0.1) is 11.3 Å². The molecule has 5 rings (SSSR count). The molecular formula is C22H14FNO3S. The number of rotatable bonds is 2. The van der Waals surface area contributed by atoms with Gasteiger partial charge in [-0.3, -0.25) is 0 Å². The molecule has 0 atom stereocenters. The summed E-state index contributed by atoms with van der Waals surface area (Å²) >= 11 is 1.40. The van der Waals surface area contributed by atoms with Gasteiger partial charge in [0.25, 0.3) is 0 Å². The topological polar surface area (TPSA) is 56.2 Å². The minimum Gasteiger partial charge on any atom is -0.461 e. The van der Waals surface area contributed by atoms with Crippen molar-refractivity contribution in [1.29, 1.82) is 0 Å². The van der Waals surface area contributed by atoms with Gasteiger partial charge < -0.3 is 8.83 Å². The Labute approximate surface area is 162 Å². The highest BCUT2D eigenvalue weighted by Gasteiger charge is 2.15. The normalized spacial score (nSPS) is 11.5. The zero-order valence-corrected chi connectivity index (χ0v) is 15.9. The van der Waals surface area contributed by atoms with Gasteiger partial charge in [-0.05, 0) is 55.8 Å². The molecule has 0 unspecified atom stereocenters. The predicted molar refractivity (Wildman–Crippen MR) is 108 cm³/mol. The van der Waals surface area contributed by atoms with Gasteiger partial charge in [-0.25, -0.2) is 14.2 Å². The Morgan fingerprint density at radius 3 is 2.57 bits per heavy atom. The Bertz CT molecular complexity index is 1410. The van der Waals surface area contributed by atoms with E-state index < -0.39 is 5.63 Å². The molecule has 0 fully saturated rings. The van der Waals surface area contributed by atoms with Crippen LogP contribution in [0.1, 0.15) is 11.3 Å². The number of aryl methyl sites for hydroxylation is 2. The van der Waals surface area contributed by atoms with Crippen molar-refractivity contribution in [2.45, 2.75) is 13.8 Å². The van der Waals surface area contributed by atoms with Crippen molar-refractivity contribution in [3.8, 4) is 21.8 Å². The molecule has 3 aromatic heterocycles. The number of nitrogens with zero attached hydrogens (tertiary/aromatic N) is 1. The molecule has 3 heterocycles. The first-order chi connectivity index (χ1) is 13.5. The average molecular weight is 391 g/mol. The van der Waals surface area contributed by atoms with Crippen LogP contribution in [0.4, 0.5) is 4.39 Å². The molecule has 4 nitrogen and oxygen atoms in total. The van der Waals surface area contributed by atoms with E-state index in [-0.39, 0.29) is 5.82 Å². The van der Waals surface area contributed by atoms with E-state index in [2.05, 4.69) is 4.98 Å². The van der Waals surface area contributed by atoms with E-state index in [0.29, 0.717) is 27.4 Å². The quantitative estimate of drug-likeness (QED) is 0.342. The standard InChI is InChI=1S/C22H14FNO3S/c1-11-12(2)26-20-9-19-14(7-16(11)20)8-17(22(25)27-19)18-10-28-21(24-18)13-3-5-15(23)6-4-13/h3-10H,1-2H3. The molecule has 0 amide bonds. The highest BCUT2D eigenvalue weighted by atomic mass is 32.1. The third-order valence-corrected chi connectivity index (χ3v) is 5.79. The van der Waals surface area contributed by atoms with Crippen LogP contribution in [0.25, 0.3) is 43.8 Å². The highest BCUT2D eigenvalue weighted by Crippen LogP contribution is 2.32. The molecule has 0 spiro atoms. The van der Waals surface area contributed by atoms with Gasteiger partial charge in [0.15, 0.2) is 0 Å². The Hall–Kier alpha value is -3.25. The Morgan fingerprint density at radius 2 is 1.79 bits per heavy atom. The summed E-state index contributed by atoms with van der Waals surface area (Å²) in [6, 6.07) is 11.6. The zero-order chi connectivity index (χ0) is 19.4. The van der Waals surface area contributed by atoms with Crippen molar-refractivity contribution in [1.82, 2.24) is 4.98 Å². The molecule has 0 radical (unpaired) electrons. The van der Waals surface area contributed by atoms with E-state index in [1.807, 2.05) is 25.3 Å². The number of hydrogen-bond acceptors (Lipinski definition) is 5. The second-order valence-electron chi connectivity index (χ2n) is 6.66. The molecule has 138 valence electrons. The molecule has 0 aliphatic carbocycles. The summed E-state index contributed by atoms with van der Waals surface area (Å²) < 4.78 is 24.4. The third-order valence-electron chi connectivity index (χ3n) is 4.90. The van der Waals surface area contributed by atoms with E-state index in [0.717, 1.165) is 27.7 Å². The maximum absolute atomic E-state index is 13.1. The lowest BCUT2D eigenvalue weighted by Crippen LogP contribution is -2.02. The van der Waals surface area contributed by atoms with Crippen molar-refractivity contribution in [3.05, 3.63) is 75.4 Å². The number of furan rings is 1. The van der Waals surface area contributed by atoms with Crippen molar-refractivity contribution in [3.63, 3.8) is 0 Å². The number of fused-ring (bicyclic) bond motifs is 2. The van der Waals surface area contributed by atoms with Crippen molar-refractivity contribution in [2.24, 2.45) is 0 Å². The van der Waals surface area contributed by atoms with Crippen LogP contribution >= 0.6 is 11.3 Å². The Morgan fingerprint density at radius 1 is 1.00 bits per heavy atom. The van der Waals surface area contributed by atoms with E-state index in [1.54, 1.807) is 24.3 Å². The van der Waals surface area contributed by atoms with Crippen LogP contribution in [0.5, 0.6) is 0 Å². The summed E-state index contributed by atoms with van der Waals surface area (Å²) in [7, 11) is 0. The number of halogens is 1. The van der Waals surface area contributed by atoms with Crippen molar-refractivity contribution in [2.75, 3.05) is 0 Å². The van der Waals surface area contributed by atoms with Gasteiger partial charge >= 0.3 is 5.63 Å². The maximum atomic E-state index is 13.1. The smallest absolute Gasteiger partial charge is 0.345 e. The SMILES string of the molecule is Cc1oc2cc3oc(=O)c(-c4csc(-c5ccc(F)cc5)n4)cc3cc2c1C. The van der Waals surface area contributed by atoms with Gasteiger partial charge in [0, 0.05) is 27.8 Å². The maximum Gasteiger partial charge on any atom is 0.345 e. The molecule has 0 saturated heterocycles. The van der Waals surface area contributed by atoms with E-state index >= 15 is 0 Å². The Kier molecular flexibility index (Phi) is 3.70. The summed E-state index contributed by atoms with van der Waals surface area (Å²) in [4.78, 5) is 17.1. The summed E-state index contributed by atoms with van der Waals surface area (Å²) in [5, 5.41) is 4.33. The molecular weight excluding hydrogens is 377 g/mol. The minimum absolute atomic E-state index is 0.299. The number of benzene rings is 2. The molecule has 28 heavy (non-hydrogen) atoms. The second kappa shape index (κ2) is 6.14. The van der Waals surface area contributed by atoms with Gasteiger partial charge in [0.05, 0.1) is 11.3 Å². The summed E-state index contributed by atoms with van der Waals surface area (Å²) in [5.74, 6) is 0.545. The minimum atomic E-state index is -0.456. The fraction of sp³-hybridized carbons (Fsp3) is 0.0909. The van der Waals surface area contributed by atoms with Gasteiger partial charge in [0.1, 0.15) is 27.8 Å². The first-order valence-corrected chi connectivity index (χ1v) is 9.57. The summed E-state index contributed by atoms with van der Waals surface area (Å²) in [6.45, 7) is 3.91. The van der Waals surface area contributed by atoms with Crippen LogP contribution in [-0.2, 0) is 0 Å². The first kappa shape index (κ1) is 16.9. The third kappa shape index (κ3) is 2.65. The van der Waals surface area contributed by atoms with Gasteiger partial charge in [0.2, 0.25) is 0 Å². The number of hydrogen-bond donors (Lipinski definition) is 0. The Balaban J connectivity index is 1.65. The lowest BCUT2D eigenvalue weighted by Gasteiger charge is -2.01.